The lowest BCUT2D eigenvalue weighted by Gasteiger charge is -1.95. The number of aromatic nitrogens is 4. The Balaban J connectivity index is 1.78. The van der Waals surface area contributed by atoms with Crippen molar-refractivity contribution in [2.24, 2.45) is 0 Å². The molecule has 0 saturated heterocycles. The zero-order valence-electron chi connectivity index (χ0n) is 12.8. The molecule has 0 bridgehead atoms. The highest BCUT2D eigenvalue weighted by atomic mass is 32.1. The summed E-state index contributed by atoms with van der Waals surface area (Å²) in [5.41, 5.74) is 1.14. The highest BCUT2D eigenvalue weighted by Gasteiger charge is 2.22. The molecule has 0 fully saturated rings. The van der Waals surface area contributed by atoms with E-state index >= 15 is 0 Å². The Morgan fingerprint density at radius 2 is 2.04 bits per heavy atom. The van der Waals surface area contributed by atoms with Crippen molar-refractivity contribution >= 4 is 34.1 Å². The first-order chi connectivity index (χ1) is 12.0. The lowest BCUT2D eigenvalue weighted by atomic mass is 10.1. The molecule has 1 aromatic carbocycles. The van der Waals surface area contributed by atoms with Crippen molar-refractivity contribution in [1.82, 2.24) is 19.7 Å². The van der Waals surface area contributed by atoms with Gasteiger partial charge in [0.1, 0.15) is 5.69 Å². The lowest BCUT2D eigenvalue weighted by molar-refractivity contribution is 0.104. The Bertz CT molecular complexity index is 1120. The predicted molar refractivity (Wildman–Crippen MR) is 88.9 cm³/mol. The van der Waals surface area contributed by atoms with E-state index in [0.29, 0.717) is 22.4 Å². The van der Waals surface area contributed by atoms with Crippen LogP contribution < -0.4 is 0 Å². The molecule has 3 heterocycles. The topological polar surface area (TPSA) is 111 Å². The Morgan fingerprint density at radius 3 is 2.76 bits per heavy atom. The van der Waals surface area contributed by atoms with Gasteiger partial charge >= 0.3 is 6.09 Å². The summed E-state index contributed by atoms with van der Waals surface area (Å²) < 4.78 is 6.07. The van der Waals surface area contributed by atoms with Gasteiger partial charge in [0.25, 0.3) is 5.89 Å². The van der Waals surface area contributed by atoms with Crippen LogP contribution in [-0.2, 0) is 0 Å². The third-order valence-electron chi connectivity index (χ3n) is 3.61. The summed E-state index contributed by atoms with van der Waals surface area (Å²) in [4.78, 5) is 32.5. The van der Waals surface area contributed by atoms with E-state index in [-0.39, 0.29) is 22.2 Å². The van der Waals surface area contributed by atoms with Crippen molar-refractivity contribution in [1.29, 1.82) is 0 Å². The first-order valence-corrected chi connectivity index (χ1v) is 8.07. The Kier molecular flexibility index (Phi) is 3.43. The number of thiazole rings is 1. The molecule has 124 valence electrons. The van der Waals surface area contributed by atoms with Crippen LogP contribution >= 0.6 is 11.3 Å². The quantitative estimate of drug-likeness (QED) is 0.562. The number of carbonyl (C=O) groups is 2. The molecule has 0 saturated carbocycles. The second-order valence-electron chi connectivity index (χ2n) is 5.23. The molecule has 9 heteroatoms. The molecule has 8 nitrogen and oxygen atoms in total. The van der Waals surface area contributed by atoms with Gasteiger partial charge in [0.15, 0.2) is 10.8 Å². The van der Waals surface area contributed by atoms with E-state index in [4.69, 9.17) is 4.52 Å². The first kappa shape index (κ1) is 15.2. The van der Waals surface area contributed by atoms with Crippen LogP contribution in [0.3, 0.4) is 0 Å². The fourth-order valence-corrected chi connectivity index (χ4v) is 3.26. The van der Waals surface area contributed by atoms with E-state index in [1.54, 1.807) is 36.6 Å². The van der Waals surface area contributed by atoms with Gasteiger partial charge in [-0.05, 0) is 13.0 Å². The summed E-state index contributed by atoms with van der Waals surface area (Å²) in [6.07, 6.45) is 0.157. The zero-order valence-corrected chi connectivity index (χ0v) is 13.6. The molecule has 3 aromatic heterocycles. The second-order valence-corrected chi connectivity index (χ2v) is 6.08. The van der Waals surface area contributed by atoms with E-state index in [9.17, 15) is 14.7 Å². The maximum absolute atomic E-state index is 12.8. The van der Waals surface area contributed by atoms with Gasteiger partial charge in [0.05, 0.1) is 11.1 Å². The van der Waals surface area contributed by atoms with Gasteiger partial charge in [-0.2, -0.15) is 4.98 Å². The number of para-hydroxylation sites is 1. The van der Waals surface area contributed by atoms with Crippen molar-refractivity contribution in [2.75, 3.05) is 0 Å². The highest BCUT2D eigenvalue weighted by Crippen LogP contribution is 2.27. The molecule has 0 aliphatic heterocycles. The number of carboxylic acid groups (broad SMARTS) is 1. The SMILES string of the molecule is Cc1noc(-c2csc(C(=O)c3cn(C(=O)O)c4ccccc34)n2)n1. The van der Waals surface area contributed by atoms with Crippen LogP contribution in [0.4, 0.5) is 4.79 Å². The van der Waals surface area contributed by atoms with Crippen LogP contribution in [0, 0.1) is 6.92 Å². The maximum atomic E-state index is 12.8. The Hall–Kier alpha value is -3.33. The van der Waals surface area contributed by atoms with Gasteiger partial charge in [-0.15, -0.1) is 11.3 Å². The number of ketones is 1. The third kappa shape index (κ3) is 2.50. The number of nitrogens with zero attached hydrogens (tertiary/aromatic N) is 4. The van der Waals surface area contributed by atoms with Crippen molar-refractivity contribution in [3.8, 4) is 11.6 Å². The van der Waals surface area contributed by atoms with Gasteiger partial charge in [0.2, 0.25) is 5.78 Å². The van der Waals surface area contributed by atoms with E-state index < -0.39 is 6.09 Å². The molecule has 1 N–H and O–H groups in total. The van der Waals surface area contributed by atoms with Crippen LogP contribution in [0.15, 0.2) is 40.4 Å². The van der Waals surface area contributed by atoms with E-state index in [2.05, 4.69) is 15.1 Å². The number of rotatable bonds is 3. The van der Waals surface area contributed by atoms with Crippen molar-refractivity contribution in [2.45, 2.75) is 6.92 Å². The summed E-state index contributed by atoms with van der Waals surface area (Å²) in [7, 11) is 0. The molecule has 0 aliphatic carbocycles. The normalized spacial score (nSPS) is 11.1. The summed E-state index contributed by atoms with van der Waals surface area (Å²) >= 11 is 1.14. The fraction of sp³-hybridized carbons (Fsp3) is 0.0625. The van der Waals surface area contributed by atoms with Crippen LogP contribution in [0.2, 0.25) is 0 Å². The number of hydrogen-bond acceptors (Lipinski definition) is 7. The third-order valence-corrected chi connectivity index (χ3v) is 4.45. The highest BCUT2D eigenvalue weighted by molar-refractivity contribution is 7.12. The first-order valence-electron chi connectivity index (χ1n) is 7.19. The number of benzene rings is 1. The van der Waals surface area contributed by atoms with E-state index in [1.165, 1.54) is 6.20 Å². The molecule has 0 unspecified atom stereocenters. The minimum atomic E-state index is -1.16. The molecule has 25 heavy (non-hydrogen) atoms. The van der Waals surface area contributed by atoms with Gasteiger partial charge in [-0.1, -0.05) is 23.4 Å². The van der Waals surface area contributed by atoms with Gasteiger partial charge in [-0.25, -0.2) is 9.78 Å². The van der Waals surface area contributed by atoms with Crippen LogP contribution in [0.1, 0.15) is 21.2 Å². The van der Waals surface area contributed by atoms with Crippen molar-refractivity contribution < 1.29 is 19.2 Å². The van der Waals surface area contributed by atoms with E-state index in [1.807, 2.05) is 0 Å². The van der Waals surface area contributed by atoms with Crippen LogP contribution in [0.25, 0.3) is 22.5 Å². The summed E-state index contributed by atoms with van der Waals surface area (Å²) in [6, 6.07) is 6.82. The minimum Gasteiger partial charge on any atom is -0.464 e. The van der Waals surface area contributed by atoms with Gasteiger partial charge < -0.3 is 9.63 Å². The number of fused-ring (bicyclic) bond motifs is 1. The number of aryl methyl sites for hydroxylation is 1. The smallest absolute Gasteiger partial charge is 0.416 e. The van der Waals surface area contributed by atoms with Crippen molar-refractivity contribution in [3.05, 3.63) is 52.2 Å². The zero-order chi connectivity index (χ0) is 17.6. The molecule has 0 radical (unpaired) electrons. The molecular formula is C16H10N4O4S. The number of carbonyl (C=O) groups excluding carboxylic acids is 1. The molecule has 0 aliphatic rings. The summed E-state index contributed by atoms with van der Waals surface area (Å²) in [5.74, 6) is 0.352. The number of hydrogen-bond donors (Lipinski definition) is 1. The monoisotopic (exact) mass is 354 g/mol. The Labute approximate surface area is 144 Å². The predicted octanol–water partition coefficient (Wildman–Crippen LogP) is 3.21. The van der Waals surface area contributed by atoms with Crippen LogP contribution in [0.5, 0.6) is 0 Å². The molecule has 0 spiro atoms. The standard InChI is InChI=1S/C16H10N4O4S/c1-8-17-14(24-19-8)11-7-25-15(18-11)13(21)10-6-20(16(22)23)12-5-3-2-4-9(10)12/h2-7H,1H3,(H,22,23). The Morgan fingerprint density at radius 1 is 1.24 bits per heavy atom. The largest absolute Gasteiger partial charge is 0.464 e. The van der Waals surface area contributed by atoms with Gasteiger partial charge in [-0.3, -0.25) is 9.36 Å². The summed E-state index contributed by atoms with van der Waals surface area (Å²) in [5, 5.41) is 15.4. The lowest BCUT2D eigenvalue weighted by Crippen LogP contribution is -2.06. The van der Waals surface area contributed by atoms with Gasteiger partial charge in [0, 0.05) is 17.0 Å². The maximum Gasteiger partial charge on any atom is 0.416 e. The molecular weight excluding hydrogens is 344 g/mol. The summed E-state index contributed by atoms with van der Waals surface area (Å²) in [6.45, 7) is 1.69. The second kappa shape index (κ2) is 5.64. The molecule has 0 amide bonds. The fourth-order valence-electron chi connectivity index (χ4n) is 2.51. The van der Waals surface area contributed by atoms with Crippen molar-refractivity contribution in [3.63, 3.8) is 0 Å². The average Bonchev–Trinajstić information content (AvgIpc) is 3.31. The molecule has 0 atom stereocenters. The minimum absolute atomic E-state index is 0.221. The average molecular weight is 354 g/mol. The molecule has 4 aromatic rings. The van der Waals surface area contributed by atoms with E-state index in [0.717, 1.165) is 15.9 Å². The van der Waals surface area contributed by atoms with Crippen LogP contribution in [-0.4, -0.2) is 36.7 Å². The molecule has 4 rings (SSSR count).